The number of rotatable bonds is 3. The second-order valence-electron chi connectivity index (χ2n) is 6.72. The van der Waals surface area contributed by atoms with Gasteiger partial charge in [-0.15, -0.1) is 0 Å². The Kier molecular flexibility index (Phi) is 4.38. The van der Waals surface area contributed by atoms with Crippen molar-refractivity contribution in [3.05, 3.63) is 94.0 Å². The highest BCUT2D eigenvalue weighted by Gasteiger charge is 2.29. The van der Waals surface area contributed by atoms with Crippen LogP contribution in [0.15, 0.2) is 67.0 Å². The highest BCUT2D eigenvalue weighted by atomic mass is 35.5. The number of aromatic nitrogens is 5. The van der Waals surface area contributed by atoms with Gasteiger partial charge in [0.1, 0.15) is 17.5 Å². The lowest BCUT2D eigenvalue weighted by Gasteiger charge is -2.24. The molecule has 144 valence electrons. The molecule has 5 rings (SSSR count). The summed E-state index contributed by atoms with van der Waals surface area (Å²) in [6, 6.07) is 17.3. The molecule has 0 amide bonds. The van der Waals surface area contributed by atoms with E-state index in [9.17, 15) is 0 Å². The van der Waals surface area contributed by atoms with Gasteiger partial charge in [0.2, 0.25) is 5.95 Å². The fraction of sp³-hybridized carbons (Fsp3) is 0.0952. The third kappa shape index (κ3) is 3.10. The van der Waals surface area contributed by atoms with Crippen LogP contribution in [0.5, 0.6) is 0 Å². The number of hydrogen-bond acceptors (Lipinski definition) is 4. The van der Waals surface area contributed by atoms with Crippen molar-refractivity contribution in [2.24, 2.45) is 0 Å². The second kappa shape index (κ2) is 7.06. The molecule has 6 nitrogen and oxygen atoms in total. The molecule has 0 unspecified atom stereocenters. The Bertz CT molecular complexity index is 1210. The number of halogens is 2. The Morgan fingerprint density at radius 2 is 1.76 bits per heavy atom. The van der Waals surface area contributed by atoms with Crippen LogP contribution in [-0.4, -0.2) is 24.5 Å². The minimum atomic E-state index is -0.238. The van der Waals surface area contributed by atoms with Crippen LogP contribution in [0.25, 0.3) is 11.4 Å². The maximum atomic E-state index is 6.82. The average Bonchev–Trinajstić information content (AvgIpc) is 3.33. The van der Waals surface area contributed by atoms with Gasteiger partial charge in [0.25, 0.3) is 0 Å². The molecule has 29 heavy (non-hydrogen) atoms. The van der Waals surface area contributed by atoms with Gasteiger partial charge in [-0.3, -0.25) is 0 Å². The zero-order chi connectivity index (χ0) is 20.0. The van der Waals surface area contributed by atoms with Crippen molar-refractivity contribution in [1.82, 2.24) is 24.5 Å². The summed E-state index contributed by atoms with van der Waals surface area (Å²) in [6.07, 6.45) is 3.63. The number of hydrogen-bond donors (Lipinski definition) is 1. The lowest BCUT2D eigenvalue weighted by atomic mass is 10.0. The number of aryl methyl sites for hydroxylation is 1. The van der Waals surface area contributed by atoms with Crippen molar-refractivity contribution < 1.29 is 0 Å². The van der Waals surface area contributed by atoms with Crippen molar-refractivity contribution in [1.29, 1.82) is 0 Å². The molecule has 0 saturated heterocycles. The Morgan fingerprint density at radius 3 is 2.52 bits per heavy atom. The summed E-state index contributed by atoms with van der Waals surface area (Å²) in [5, 5.41) is 13.6. The summed E-state index contributed by atoms with van der Waals surface area (Å²) in [6.45, 7) is 1.95. The van der Waals surface area contributed by atoms with Gasteiger partial charge in [-0.1, -0.05) is 53.5 Å². The first-order valence-electron chi connectivity index (χ1n) is 9.06. The smallest absolute Gasteiger partial charge is 0.226 e. The van der Waals surface area contributed by atoms with Crippen molar-refractivity contribution >= 4 is 34.8 Å². The molecule has 0 bridgehead atoms. The summed E-state index contributed by atoms with van der Waals surface area (Å²) in [5.41, 5.74) is 4.55. The van der Waals surface area contributed by atoms with Crippen molar-refractivity contribution in [3.8, 4) is 5.69 Å². The van der Waals surface area contributed by atoms with Gasteiger partial charge in [0.15, 0.2) is 0 Å². The zero-order valence-electron chi connectivity index (χ0n) is 15.4. The number of anilines is 1. The summed E-state index contributed by atoms with van der Waals surface area (Å²) in [5.74, 6) is 0.658. The zero-order valence-corrected chi connectivity index (χ0v) is 16.9. The van der Waals surface area contributed by atoms with E-state index in [-0.39, 0.29) is 6.04 Å². The van der Waals surface area contributed by atoms with Crippen LogP contribution < -0.4 is 5.32 Å². The molecule has 1 aliphatic rings. The lowest BCUT2D eigenvalue weighted by Crippen LogP contribution is -2.20. The van der Waals surface area contributed by atoms with E-state index in [1.807, 2.05) is 66.2 Å². The number of benzene rings is 2. The number of nitrogens with zero attached hydrogens (tertiary/aromatic N) is 5. The molecule has 1 aliphatic heterocycles. The van der Waals surface area contributed by atoms with E-state index in [1.165, 1.54) is 6.33 Å². The van der Waals surface area contributed by atoms with Crippen LogP contribution in [0, 0.1) is 6.92 Å². The maximum absolute atomic E-state index is 6.82. The molecule has 2 aromatic heterocycles. The van der Waals surface area contributed by atoms with E-state index in [2.05, 4.69) is 26.6 Å². The molecule has 2 aromatic carbocycles. The van der Waals surface area contributed by atoms with Crippen LogP contribution in [0.2, 0.25) is 10.2 Å². The molecule has 1 atom stereocenters. The molecule has 0 aliphatic carbocycles. The lowest BCUT2D eigenvalue weighted by molar-refractivity contribution is 0.609. The molecule has 1 N–H and O–H groups in total. The minimum absolute atomic E-state index is 0.238. The monoisotopic (exact) mass is 422 g/mol. The Morgan fingerprint density at radius 1 is 1.00 bits per heavy atom. The van der Waals surface area contributed by atoms with Gasteiger partial charge in [-0.2, -0.15) is 15.2 Å². The van der Waals surface area contributed by atoms with E-state index in [0.29, 0.717) is 16.1 Å². The van der Waals surface area contributed by atoms with E-state index in [1.54, 1.807) is 4.68 Å². The first-order chi connectivity index (χ1) is 14.1. The highest BCUT2D eigenvalue weighted by molar-refractivity contribution is 6.31. The molecule has 0 fully saturated rings. The molecule has 8 heteroatoms. The van der Waals surface area contributed by atoms with E-state index in [4.69, 9.17) is 23.2 Å². The topological polar surface area (TPSA) is 60.6 Å². The maximum Gasteiger partial charge on any atom is 0.226 e. The summed E-state index contributed by atoms with van der Waals surface area (Å²) >= 11 is 12.8. The summed E-state index contributed by atoms with van der Waals surface area (Å²) in [7, 11) is 0. The van der Waals surface area contributed by atoms with Crippen LogP contribution in [-0.2, 0) is 0 Å². The van der Waals surface area contributed by atoms with Gasteiger partial charge in [-0.25, -0.2) is 9.36 Å². The predicted molar refractivity (Wildman–Crippen MR) is 115 cm³/mol. The van der Waals surface area contributed by atoms with E-state index < -0.39 is 0 Å². The highest BCUT2D eigenvalue weighted by Crippen LogP contribution is 2.37. The fourth-order valence-corrected chi connectivity index (χ4v) is 4.04. The van der Waals surface area contributed by atoms with Crippen LogP contribution in [0.3, 0.4) is 0 Å². The van der Waals surface area contributed by atoms with Gasteiger partial charge in [0, 0.05) is 16.3 Å². The van der Waals surface area contributed by atoms with Gasteiger partial charge in [0.05, 0.1) is 11.4 Å². The number of fused-ring (bicyclic) bond motifs is 1. The largest absolute Gasteiger partial charge is 0.324 e. The number of nitrogens with one attached hydrogen (secondary N) is 1. The Hall–Kier alpha value is -3.09. The van der Waals surface area contributed by atoms with Gasteiger partial charge in [-0.05, 0) is 42.8 Å². The first-order valence-corrected chi connectivity index (χ1v) is 9.82. The van der Waals surface area contributed by atoms with Crippen LogP contribution >= 0.6 is 23.2 Å². The van der Waals surface area contributed by atoms with Crippen molar-refractivity contribution in [3.63, 3.8) is 0 Å². The van der Waals surface area contributed by atoms with Gasteiger partial charge >= 0.3 is 0 Å². The molecule has 4 aromatic rings. The van der Waals surface area contributed by atoms with Crippen LogP contribution in [0.1, 0.15) is 22.9 Å². The SMILES string of the molecule is Cc1nn(-c2ccc(Cl)cc2)c(Cl)c1[C@H]1C=C(c2ccccc2)Nc2ncnn21. The molecule has 0 spiro atoms. The summed E-state index contributed by atoms with van der Waals surface area (Å²) in [4.78, 5) is 4.36. The van der Waals surface area contributed by atoms with Crippen molar-refractivity contribution in [2.45, 2.75) is 13.0 Å². The molecule has 0 radical (unpaired) electrons. The third-order valence-corrected chi connectivity index (χ3v) is 5.52. The Labute approximate surface area is 177 Å². The quantitative estimate of drug-likeness (QED) is 0.496. The first kappa shape index (κ1) is 18.0. The van der Waals surface area contributed by atoms with Crippen LogP contribution in [0.4, 0.5) is 5.95 Å². The number of allylic oxidation sites excluding steroid dienone is 1. The fourth-order valence-electron chi connectivity index (χ4n) is 3.53. The minimum Gasteiger partial charge on any atom is -0.324 e. The van der Waals surface area contributed by atoms with Crippen molar-refractivity contribution in [2.75, 3.05) is 5.32 Å². The van der Waals surface area contributed by atoms with Gasteiger partial charge < -0.3 is 5.32 Å². The molecule has 3 heterocycles. The standard InChI is InChI=1S/C21H16Cl2N6/c1-13-19(20(23)28(27-13)16-9-7-15(22)8-10-16)18-11-17(14-5-3-2-4-6-14)26-21-24-12-25-29(18)21/h2-12,18H,1H3,(H,24,25,26)/t18-/m1/s1. The molecular weight excluding hydrogens is 407 g/mol. The second-order valence-corrected chi connectivity index (χ2v) is 7.52. The van der Waals surface area contributed by atoms with E-state index >= 15 is 0 Å². The Balaban J connectivity index is 1.65. The average molecular weight is 423 g/mol. The normalized spacial score (nSPS) is 15.6. The summed E-state index contributed by atoms with van der Waals surface area (Å²) < 4.78 is 3.53. The van der Waals surface area contributed by atoms with E-state index in [0.717, 1.165) is 28.2 Å². The molecule has 0 saturated carbocycles. The third-order valence-electron chi connectivity index (χ3n) is 4.91. The predicted octanol–water partition coefficient (Wildman–Crippen LogP) is 5.14. The molecular formula is C21H16Cl2N6.